The predicted octanol–water partition coefficient (Wildman–Crippen LogP) is 1.60. The van der Waals surface area contributed by atoms with E-state index in [1.807, 2.05) is 36.2 Å². The van der Waals surface area contributed by atoms with E-state index in [0.717, 1.165) is 11.5 Å². The molecular weight excluding hydrogens is 368 g/mol. The van der Waals surface area contributed by atoms with Gasteiger partial charge in [0.05, 0.1) is 25.2 Å². The average Bonchev–Trinajstić information content (AvgIpc) is 3.05. The second-order valence-corrected chi connectivity index (χ2v) is 8.59. The minimum atomic E-state index is -2.93. The monoisotopic (exact) mass is 392 g/mol. The van der Waals surface area contributed by atoms with E-state index >= 15 is 0 Å². The van der Waals surface area contributed by atoms with Crippen molar-refractivity contribution < 1.29 is 17.9 Å². The van der Waals surface area contributed by atoms with Crippen LogP contribution in [-0.4, -0.2) is 63.2 Å². The van der Waals surface area contributed by atoms with E-state index in [9.17, 15) is 8.42 Å². The minimum Gasteiger partial charge on any atom is -0.497 e. The molecule has 27 heavy (non-hydrogen) atoms. The number of anilines is 2. The van der Waals surface area contributed by atoms with Gasteiger partial charge in [0.2, 0.25) is 5.95 Å². The molecule has 0 radical (unpaired) electrons. The molecule has 8 nitrogen and oxygen atoms in total. The lowest BCUT2D eigenvalue weighted by molar-refractivity contribution is 0.331. The van der Waals surface area contributed by atoms with Crippen LogP contribution >= 0.6 is 0 Å². The molecule has 3 rings (SSSR count). The molecule has 2 heterocycles. The first-order valence-electron chi connectivity index (χ1n) is 8.74. The second-order valence-electron chi connectivity index (χ2n) is 6.36. The van der Waals surface area contributed by atoms with Crippen LogP contribution in [-0.2, 0) is 9.84 Å². The number of nitrogens with one attached hydrogen (secondary N) is 1. The maximum absolute atomic E-state index is 11.7. The Morgan fingerprint density at radius 3 is 2.63 bits per heavy atom. The summed E-state index contributed by atoms with van der Waals surface area (Å²) in [7, 11) is 0.555. The zero-order chi connectivity index (χ0) is 19.3. The smallest absolute Gasteiger partial charge is 0.224 e. The summed E-state index contributed by atoms with van der Waals surface area (Å²) in [5.74, 6) is 3.14. The van der Waals surface area contributed by atoms with Crippen molar-refractivity contribution in [3.8, 4) is 11.5 Å². The van der Waals surface area contributed by atoms with E-state index in [-0.39, 0.29) is 17.5 Å². The zero-order valence-corrected chi connectivity index (χ0v) is 16.3. The molecule has 1 aromatic carbocycles. The first-order valence-corrected chi connectivity index (χ1v) is 10.6. The molecule has 0 bridgehead atoms. The molecule has 0 aliphatic carbocycles. The van der Waals surface area contributed by atoms with Crippen LogP contribution in [0.3, 0.4) is 0 Å². The highest BCUT2D eigenvalue weighted by Crippen LogP contribution is 2.22. The van der Waals surface area contributed by atoms with Gasteiger partial charge in [-0.3, -0.25) is 0 Å². The summed E-state index contributed by atoms with van der Waals surface area (Å²) in [5.41, 5.74) is 0. The SMILES string of the molecule is COc1ccc(OCCNc2nccc(N(C)C3CCS(=O)(=O)C3)n2)cc1. The summed E-state index contributed by atoms with van der Waals surface area (Å²) in [6, 6.07) is 9.12. The Hall–Kier alpha value is -2.55. The van der Waals surface area contributed by atoms with Crippen LogP contribution in [0.5, 0.6) is 11.5 Å². The lowest BCUT2D eigenvalue weighted by Crippen LogP contribution is -2.33. The number of methoxy groups -OCH3 is 1. The quantitative estimate of drug-likeness (QED) is 0.677. The van der Waals surface area contributed by atoms with Gasteiger partial charge in [0.15, 0.2) is 9.84 Å². The van der Waals surface area contributed by atoms with Crippen molar-refractivity contribution in [1.29, 1.82) is 0 Å². The Morgan fingerprint density at radius 1 is 1.22 bits per heavy atom. The van der Waals surface area contributed by atoms with Gasteiger partial charge in [-0.25, -0.2) is 13.4 Å². The molecule has 0 spiro atoms. The molecular formula is C18H24N4O4S. The summed E-state index contributed by atoms with van der Waals surface area (Å²) < 4.78 is 34.1. The van der Waals surface area contributed by atoms with Crippen LogP contribution in [0.2, 0.25) is 0 Å². The number of benzene rings is 1. The van der Waals surface area contributed by atoms with Crippen molar-refractivity contribution in [2.75, 3.05) is 49.0 Å². The van der Waals surface area contributed by atoms with E-state index < -0.39 is 9.84 Å². The summed E-state index contributed by atoms with van der Waals surface area (Å²) >= 11 is 0. The lowest BCUT2D eigenvalue weighted by Gasteiger charge is -2.24. The third kappa shape index (κ3) is 5.22. The predicted molar refractivity (Wildman–Crippen MR) is 104 cm³/mol. The maximum atomic E-state index is 11.7. The highest BCUT2D eigenvalue weighted by Gasteiger charge is 2.31. The van der Waals surface area contributed by atoms with Crippen LogP contribution in [0.25, 0.3) is 0 Å². The Morgan fingerprint density at radius 2 is 1.96 bits per heavy atom. The molecule has 146 valence electrons. The number of sulfone groups is 1. The molecule has 1 unspecified atom stereocenters. The summed E-state index contributed by atoms with van der Waals surface area (Å²) in [4.78, 5) is 10.6. The number of hydrogen-bond acceptors (Lipinski definition) is 8. The molecule has 1 aromatic heterocycles. The average molecular weight is 392 g/mol. The zero-order valence-electron chi connectivity index (χ0n) is 15.5. The highest BCUT2D eigenvalue weighted by atomic mass is 32.2. The fraction of sp³-hybridized carbons (Fsp3) is 0.444. The molecule has 2 aromatic rings. The molecule has 1 aliphatic rings. The standard InChI is InChI=1S/C18H24N4O4S/c1-22(14-8-12-27(23,24)13-14)17-7-9-19-18(21-17)20-10-11-26-16-5-3-15(25-2)4-6-16/h3-7,9,14H,8,10-13H2,1-2H3,(H,19,20,21). The summed E-state index contributed by atoms with van der Waals surface area (Å²) in [5, 5.41) is 3.12. The van der Waals surface area contributed by atoms with Crippen LogP contribution in [0.1, 0.15) is 6.42 Å². The Balaban J connectivity index is 1.50. The maximum Gasteiger partial charge on any atom is 0.224 e. The minimum absolute atomic E-state index is 0.0452. The lowest BCUT2D eigenvalue weighted by atomic mass is 10.2. The van der Waals surface area contributed by atoms with E-state index in [4.69, 9.17) is 9.47 Å². The molecule has 0 saturated carbocycles. The van der Waals surface area contributed by atoms with Crippen molar-refractivity contribution in [2.24, 2.45) is 0 Å². The number of aromatic nitrogens is 2. The van der Waals surface area contributed by atoms with Crippen LogP contribution in [0.4, 0.5) is 11.8 Å². The molecule has 1 saturated heterocycles. The van der Waals surface area contributed by atoms with E-state index in [0.29, 0.717) is 31.3 Å². The third-order valence-electron chi connectivity index (χ3n) is 4.47. The molecule has 1 N–H and O–H groups in total. The second kappa shape index (κ2) is 8.43. The van der Waals surface area contributed by atoms with Crippen molar-refractivity contribution >= 4 is 21.6 Å². The van der Waals surface area contributed by atoms with Crippen LogP contribution < -0.4 is 19.7 Å². The van der Waals surface area contributed by atoms with E-state index in [1.165, 1.54) is 0 Å². The van der Waals surface area contributed by atoms with Crippen LogP contribution in [0, 0.1) is 0 Å². The molecule has 9 heteroatoms. The van der Waals surface area contributed by atoms with Gasteiger partial charge in [-0.1, -0.05) is 0 Å². The van der Waals surface area contributed by atoms with Gasteiger partial charge in [-0.2, -0.15) is 4.98 Å². The van der Waals surface area contributed by atoms with Gasteiger partial charge in [0, 0.05) is 19.3 Å². The normalized spacial score (nSPS) is 18.1. The van der Waals surface area contributed by atoms with Crippen molar-refractivity contribution in [3.05, 3.63) is 36.5 Å². The summed E-state index contributed by atoms with van der Waals surface area (Å²) in [6.45, 7) is 0.994. The Labute approximate surface area is 159 Å². The largest absolute Gasteiger partial charge is 0.497 e. The van der Waals surface area contributed by atoms with Crippen molar-refractivity contribution in [3.63, 3.8) is 0 Å². The number of nitrogens with zero attached hydrogens (tertiary/aromatic N) is 3. The number of ether oxygens (including phenoxy) is 2. The molecule has 1 aliphatic heterocycles. The third-order valence-corrected chi connectivity index (χ3v) is 6.22. The Kier molecular flexibility index (Phi) is 6.00. The summed E-state index contributed by atoms with van der Waals surface area (Å²) in [6.07, 6.45) is 2.29. The topological polar surface area (TPSA) is 93.7 Å². The first-order chi connectivity index (χ1) is 13.0. The molecule has 0 amide bonds. The molecule has 1 atom stereocenters. The van der Waals surface area contributed by atoms with Gasteiger partial charge >= 0.3 is 0 Å². The van der Waals surface area contributed by atoms with E-state index in [1.54, 1.807) is 19.4 Å². The first kappa shape index (κ1) is 19.2. The Bertz CT molecular complexity index is 858. The van der Waals surface area contributed by atoms with Gasteiger partial charge in [-0.15, -0.1) is 0 Å². The van der Waals surface area contributed by atoms with Gasteiger partial charge in [0.1, 0.15) is 23.9 Å². The molecule has 1 fully saturated rings. The van der Waals surface area contributed by atoms with Gasteiger partial charge in [0.25, 0.3) is 0 Å². The van der Waals surface area contributed by atoms with Crippen molar-refractivity contribution in [1.82, 2.24) is 9.97 Å². The number of hydrogen-bond donors (Lipinski definition) is 1. The van der Waals surface area contributed by atoms with Crippen LogP contribution in [0.15, 0.2) is 36.5 Å². The number of rotatable bonds is 8. The fourth-order valence-corrected chi connectivity index (χ4v) is 4.68. The highest BCUT2D eigenvalue weighted by molar-refractivity contribution is 7.91. The van der Waals surface area contributed by atoms with Crippen molar-refractivity contribution in [2.45, 2.75) is 12.5 Å². The van der Waals surface area contributed by atoms with Gasteiger partial charge in [-0.05, 0) is 36.8 Å². The van der Waals surface area contributed by atoms with E-state index in [2.05, 4.69) is 15.3 Å². The fourth-order valence-electron chi connectivity index (χ4n) is 2.90. The van der Waals surface area contributed by atoms with Gasteiger partial charge < -0.3 is 19.7 Å².